The summed E-state index contributed by atoms with van der Waals surface area (Å²) >= 11 is 3.37. The Hall–Kier alpha value is -0.390. The van der Waals surface area contributed by atoms with Crippen LogP contribution in [0, 0.1) is 0 Å². The van der Waals surface area contributed by atoms with Gasteiger partial charge < -0.3 is 5.32 Å². The third kappa shape index (κ3) is 3.33. The molecular weight excluding hydrogens is 314 g/mol. The fraction of sp³-hybridized carbons (Fsp3) is 0.538. The van der Waals surface area contributed by atoms with Gasteiger partial charge in [0.2, 0.25) is 0 Å². The van der Waals surface area contributed by atoms with E-state index in [1.807, 2.05) is 19.2 Å². The highest BCUT2D eigenvalue weighted by molar-refractivity contribution is 9.10. The number of benzene rings is 1. The summed E-state index contributed by atoms with van der Waals surface area (Å²) in [7, 11) is -1.32. The Morgan fingerprint density at radius 3 is 2.33 bits per heavy atom. The van der Waals surface area contributed by atoms with E-state index in [4.69, 9.17) is 0 Å². The van der Waals surface area contributed by atoms with Crippen molar-refractivity contribution in [2.24, 2.45) is 0 Å². The predicted octanol–water partition coefficient (Wildman–Crippen LogP) is 2.95. The van der Waals surface area contributed by atoms with Gasteiger partial charge in [-0.15, -0.1) is 0 Å². The van der Waals surface area contributed by atoms with Crippen LogP contribution in [0.3, 0.4) is 0 Å². The van der Waals surface area contributed by atoms with Crippen LogP contribution >= 0.6 is 15.9 Å². The molecule has 1 aromatic rings. The zero-order valence-corrected chi connectivity index (χ0v) is 13.6. The molecule has 0 spiro atoms. The summed E-state index contributed by atoms with van der Waals surface area (Å²) in [6.07, 6.45) is 0. The largest absolute Gasteiger partial charge is 0.319 e. The predicted molar refractivity (Wildman–Crippen MR) is 78.8 cm³/mol. The number of hydrogen-bond acceptors (Lipinski definition) is 3. The van der Waals surface area contributed by atoms with Gasteiger partial charge in [0.05, 0.1) is 10.1 Å². The standard InChI is InChI=1S/C13H20BrNO2S/c1-9(2)18(16,17)13-6-5-11(7-12(13)14)10(3)8-15-4/h5-7,9-10,15H,8H2,1-4H3. The average molecular weight is 334 g/mol. The molecule has 0 amide bonds. The SMILES string of the molecule is CNCC(C)c1ccc(S(=O)(=O)C(C)C)c(Br)c1. The first kappa shape index (κ1) is 15.7. The number of hydrogen-bond donors (Lipinski definition) is 1. The van der Waals surface area contributed by atoms with Gasteiger partial charge in [0.25, 0.3) is 0 Å². The number of sulfone groups is 1. The van der Waals surface area contributed by atoms with E-state index < -0.39 is 15.1 Å². The quantitative estimate of drug-likeness (QED) is 0.901. The van der Waals surface area contributed by atoms with Crippen molar-refractivity contribution in [1.29, 1.82) is 0 Å². The number of halogens is 1. The Kier molecular flexibility index (Phi) is 5.37. The molecule has 0 saturated carbocycles. The zero-order valence-electron chi connectivity index (χ0n) is 11.2. The molecule has 18 heavy (non-hydrogen) atoms. The Balaban J connectivity index is 3.15. The van der Waals surface area contributed by atoms with Crippen LogP contribution in [0.5, 0.6) is 0 Å². The molecule has 0 bridgehead atoms. The summed E-state index contributed by atoms with van der Waals surface area (Å²) in [5, 5.41) is 2.71. The van der Waals surface area contributed by atoms with Crippen molar-refractivity contribution in [2.75, 3.05) is 13.6 Å². The summed E-state index contributed by atoms with van der Waals surface area (Å²) in [6.45, 7) is 6.36. The zero-order chi connectivity index (χ0) is 13.9. The Morgan fingerprint density at radius 1 is 1.28 bits per heavy atom. The second kappa shape index (κ2) is 6.17. The summed E-state index contributed by atoms with van der Waals surface area (Å²) in [5.41, 5.74) is 1.12. The summed E-state index contributed by atoms with van der Waals surface area (Å²) in [6, 6.07) is 5.49. The molecule has 1 N–H and O–H groups in total. The molecule has 102 valence electrons. The molecule has 0 aliphatic rings. The van der Waals surface area contributed by atoms with Crippen molar-refractivity contribution >= 4 is 25.8 Å². The van der Waals surface area contributed by atoms with Gasteiger partial charge in [0.15, 0.2) is 9.84 Å². The first-order chi connectivity index (χ1) is 8.30. The van der Waals surface area contributed by atoms with Crippen molar-refractivity contribution in [3.63, 3.8) is 0 Å². The van der Waals surface area contributed by atoms with Crippen molar-refractivity contribution in [1.82, 2.24) is 5.32 Å². The van der Waals surface area contributed by atoms with Gasteiger partial charge in [-0.2, -0.15) is 0 Å². The first-order valence-electron chi connectivity index (χ1n) is 5.98. The Labute approximate surface area is 118 Å². The lowest BCUT2D eigenvalue weighted by Gasteiger charge is -2.14. The smallest absolute Gasteiger partial charge is 0.181 e. The van der Waals surface area contributed by atoms with Gasteiger partial charge in [0.1, 0.15) is 0 Å². The Bertz CT molecular complexity index is 512. The lowest BCUT2D eigenvalue weighted by Crippen LogP contribution is -2.16. The van der Waals surface area contributed by atoms with Crippen molar-refractivity contribution in [3.05, 3.63) is 28.2 Å². The highest BCUT2D eigenvalue weighted by Crippen LogP contribution is 2.28. The molecule has 5 heteroatoms. The number of nitrogens with one attached hydrogen (secondary N) is 1. The molecule has 0 heterocycles. The molecular formula is C13H20BrNO2S. The van der Waals surface area contributed by atoms with E-state index in [9.17, 15) is 8.42 Å². The van der Waals surface area contributed by atoms with Gasteiger partial charge in [-0.3, -0.25) is 0 Å². The lowest BCUT2D eigenvalue weighted by molar-refractivity contribution is 0.586. The van der Waals surface area contributed by atoms with Crippen LogP contribution in [0.4, 0.5) is 0 Å². The van der Waals surface area contributed by atoms with Gasteiger partial charge in [-0.05, 0) is 60.4 Å². The van der Waals surface area contributed by atoms with Crippen LogP contribution in [-0.4, -0.2) is 27.3 Å². The monoisotopic (exact) mass is 333 g/mol. The van der Waals surface area contributed by atoms with E-state index in [-0.39, 0.29) is 0 Å². The molecule has 0 aliphatic heterocycles. The van der Waals surface area contributed by atoms with Crippen molar-refractivity contribution < 1.29 is 8.42 Å². The van der Waals surface area contributed by atoms with Gasteiger partial charge in [-0.1, -0.05) is 13.0 Å². The minimum atomic E-state index is -3.22. The minimum Gasteiger partial charge on any atom is -0.319 e. The molecule has 0 aliphatic carbocycles. The fourth-order valence-electron chi connectivity index (χ4n) is 1.73. The van der Waals surface area contributed by atoms with Gasteiger partial charge in [0, 0.05) is 11.0 Å². The maximum atomic E-state index is 12.1. The van der Waals surface area contributed by atoms with Gasteiger partial charge >= 0.3 is 0 Å². The van der Waals surface area contributed by atoms with Crippen LogP contribution < -0.4 is 5.32 Å². The number of rotatable bonds is 5. The molecule has 0 radical (unpaired) electrons. The maximum absolute atomic E-state index is 12.1. The van der Waals surface area contributed by atoms with Crippen LogP contribution in [-0.2, 0) is 9.84 Å². The summed E-state index contributed by atoms with van der Waals surface area (Å²) in [4.78, 5) is 0.373. The highest BCUT2D eigenvalue weighted by atomic mass is 79.9. The van der Waals surface area contributed by atoms with Crippen LogP contribution in [0.1, 0.15) is 32.3 Å². The topological polar surface area (TPSA) is 46.2 Å². The third-order valence-electron chi connectivity index (χ3n) is 2.96. The maximum Gasteiger partial charge on any atom is 0.181 e. The molecule has 0 saturated heterocycles. The fourth-order valence-corrected chi connectivity index (χ4v) is 3.90. The van der Waals surface area contributed by atoms with E-state index in [0.29, 0.717) is 15.3 Å². The molecule has 3 nitrogen and oxygen atoms in total. The molecule has 1 unspecified atom stereocenters. The minimum absolute atomic E-state index is 0.349. The highest BCUT2D eigenvalue weighted by Gasteiger charge is 2.22. The van der Waals surface area contributed by atoms with E-state index >= 15 is 0 Å². The lowest BCUT2D eigenvalue weighted by atomic mass is 10.0. The van der Waals surface area contributed by atoms with Crippen molar-refractivity contribution in [2.45, 2.75) is 36.8 Å². The second-order valence-corrected chi connectivity index (χ2v) is 8.07. The molecule has 0 aromatic heterocycles. The van der Waals surface area contributed by atoms with E-state index in [1.165, 1.54) is 0 Å². The first-order valence-corrected chi connectivity index (χ1v) is 8.32. The number of likely N-dealkylation sites (N-methyl/N-ethyl adjacent to an activating group) is 1. The van der Waals surface area contributed by atoms with E-state index in [0.717, 1.165) is 12.1 Å². The normalized spacial score (nSPS) is 13.9. The molecule has 0 fully saturated rings. The van der Waals surface area contributed by atoms with E-state index in [1.54, 1.807) is 19.9 Å². The molecule has 1 rings (SSSR count). The Morgan fingerprint density at radius 2 is 1.89 bits per heavy atom. The average Bonchev–Trinajstić information content (AvgIpc) is 2.28. The second-order valence-electron chi connectivity index (χ2n) is 4.74. The van der Waals surface area contributed by atoms with E-state index in [2.05, 4.69) is 28.2 Å². The summed E-state index contributed by atoms with van der Waals surface area (Å²) in [5.74, 6) is 0.349. The third-order valence-corrected chi connectivity index (χ3v) is 6.09. The molecule has 1 aromatic carbocycles. The van der Waals surface area contributed by atoms with Gasteiger partial charge in [-0.25, -0.2) is 8.42 Å². The van der Waals surface area contributed by atoms with Crippen LogP contribution in [0.25, 0.3) is 0 Å². The molecule has 1 atom stereocenters. The van der Waals surface area contributed by atoms with Crippen molar-refractivity contribution in [3.8, 4) is 0 Å². The van der Waals surface area contributed by atoms with Crippen LogP contribution in [0.15, 0.2) is 27.6 Å². The summed E-state index contributed by atoms with van der Waals surface area (Å²) < 4.78 is 24.9. The van der Waals surface area contributed by atoms with Crippen LogP contribution in [0.2, 0.25) is 0 Å².